The summed E-state index contributed by atoms with van der Waals surface area (Å²) in [6.07, 6.45) is 1.12. The summed E-state index contributed by atoms with van der Waals surface area (Å²) in [5, 5.41) is 0. The van der Waals surface area contributed by atoms with Crippen LogP contribution in [0.15, 0.2) is 18.2 Å². The molecule has 0 atom stereocenters. The number of nitrogens with zero attached hydrogens (tertiary/aromatic N) is 1. The summed E-state index contributed by atoms with van der Waals surface area (Å²) >= 11 is 0. The molecule has 20 heavy (non-hydrogen) atoms. The van der Waals surface area contributed by atoms with Crippen LogP contribution in [-0.4, -0.2) is 42.0 Å². The second-order valence-electron chi connectivity index (χ2n) is 4.37. The first-order valence-electron chi connectivity index (χ1n) is 5.98. The van der Waals surface area contributed by atoms with E-state index >= 15 is 0 Å². The number of rotatable bonds is 4. The lowest BCUT2D eigenvalue weighted by Gasteiger charge is -2.29. The minimum Gasteiger partial charge on any atom is -0.489 e. The molecule has 1 N–H and O–H groups in total. The van der Waals surface area contributed by atoms with Crippen molar-refractivity contribution in [3.05, 3.63) is 18.2 Å². The topological polar surface area (TPSA) is 92.8 Å². The highest BCUT2D eigenvalue weighted by molar-refractivity contribution is 7.92. The van der Waals surface area contributed by atoms with Crippen molar-refractivity contribution in [3.63, 3.8) is 0 Å². The Morgan fingerprint density at radius 1 is 1.30 bits per heavy atom. The highest BCUT2D eigenvalue weighted by Crippen LogP contribution is 2.35. The molecule has 0 aromatic heterocycles. The van der Waals surface area contributed by atoms with Gasteiger partial charge in [0.05, 0.1) is 29.9 Å². The van der Waals surface area contributed by atoms with Crippen LogP contribution in [0.3, 0.4) is 0 Å². The third kappa shape index (κ3) is 3.15. The molecule has 112 valence electrons. The van der Waals surface area contributed by atoms with Crippen molar-refractivity contribution in [2.75, 3.05) is 34.2 Å². The molecule has 0 saturated carbocycles. The molecular weight excluding hydrogens is 304 g/mol. The summed E-state index contributed by atoms with van der Waals surface area (Å²) in [7, 11) is -6.76. The predicted molar refractivity (Wildman–Crippen MR) is 77.2 cm³/mol. The lowest BCUT2D eigenvalue weighted by molar-refractivity contribution is 0.316. The van der Waals surface area contributed by atoms with Crippen LogP contribution >= 0.6 is 0 Å². The second-order valence-corrected chi connectivity index (χ2v) is 8.29. The first-order chi connectivity index (χ1) is 9.23. The molecule has 2 rings (SSSR count). The van der Waals surface area contributed by atoms with E-state index in [0.29, 0.717) is 17.1 Å². The Morgan fingerprint density at radius 3 is 2.60 bits per heavy atom. The fourth-order valence-electron chi connectivity index (χ4n) is 1.85. The van der Waals surface area contributed by atoms with Gasteiger partial charge in [-0.25, -0.2) is 16.8 Å². The largest absolute Gasteiger partial charge is 0.489 e. The fourth-order valence-corrected chi connectivity index (χ4v) is 3.40. The maximum Gasteiger partial charge on any atom is 0.232 e. The van der Waals surface area contributed by atoms with Gasteiger partial charge in [-0.05, 0) is 19.1 Å². The Bertz CT molecular complexity index is 712. The summed E-state index contributed by atoms with van der Waals surface area (Å²) in [6, 6.07) is 4.53. The van der Waals surface area contributed by atoms with Gasteiger partial charge in [0.2, 0.25) is 20.0 Å². The van der Waals surface area contributed by atoms with Gasteiger partial charge in [-0.3, -0.25) is 9.03 Å². The van der Waals surface area contributed by atoms with Crippen molar-refractivity contribution in [2.24, 2.45) is 0 Å². The maximum atomic E-state index is 11.7. The number of sulfonamides is 2. The van der Waals surface area contributed by atoms with Crippen molar-refractivity contribution in [3.8, 4) is 5.75 Å². The normalized spacial score (nSPS) is 15.4. The zero-order chi connectivity index (χ0) is 15.0. The van der Waals surface area contributed by atoms with Crippen LogP contribution in [0.25, 0.3) is 0 Å². The van der Waals surface area contributed by atoms with Gasteiger partial charge in [0.1, 0.15) is 12.4 Å². The Kier molecular flexibility index (Phi) is 3.83. The quantitative estimate of drug-likeness (QED) is 0.877. The number of ether oxygens (including phenoxy) is 1. The molecule has 1 aliphatic heterocycles. The molecule has 9 heteroatoms. The van der Waals surface area contributed by atoms with E-state index in [1.54, 1.807) is 0 Å². The average Bonchev–Trinajstić information content (AvgIpc) is 2.36. The van der Waals surface area contributed by atoms with E-state index in [9.17, 15) is 16.8 Å². The van der Waals surface area contributed by atoms with Crippen molar-refractivity contribution < 1.29 is 21.6 Å². The van der Waals surface area contributed by atoms with E-state index in [-0.39, 0.29) is 18.9 Å². The lowest BCUT2D eigenvalue weighted by Crippen LogP contribution is -2.37. The number of hydrogen-bond donors (Lipinski definition) is 1. The SMILES string of the molecule is CCS(=O)(=O)Nc1ccc2c(c1)OCCN2S(C)(=O)=O. The molecule has 1 aromatic carbocycles. The highest BCUT2D eigenvalue weighted by atomic mass is 32.2. The molecule has 0 radical (unpaired) electrons. The Morgan fingerprint density at radius 2 is 2.00 bits per heavy atom. The van der Waals surface area contributed by atoms with E-state index in [0.717, 1.165) is 6.26 Å². The van der Waals surface area contributed by atoms with Crippen molar-refractivity contribution in [1.82, 2.24) is 0 Å². The van der Waals surface area contributed by atoms with Crippen LogP contribution in [0, 0.1) is 0 Å². The van der Waals surface area contributed by atoms with Crippen LogP contribution in [-0.2, 0) is 20.0 Å². The van der Waals surface area contributed by atoms with Gasteiger partial charge in [-0.15, -0.1) is 0 Å². The molecular formula is C11H16N2O5S2. The van der Waals surface area contributed by atoms with Crippen LogP contribution < -0.4 is 13.8 Å². The molecule has 0 fully saturated rings. The molecule has 0 unspecified atom stereocenters. The summed E-state index contributed by atoms with van der Waals surface area (Å²) < 4.78 is 55.4. The standard InChI is InChI=1S/C11H16N2O5S2/c1-3-20(16,17)12-9-4-5-10-11(8-9)18-7-6-13(10)19(2,14)15/h4-5,8,12H,3,6-7H2,1-2H3. The van der Waals surface area contributed by atoms with Crippen LogP contribution in [0.1, 0.15) is 6.92 Å². The van der Waals surface area contributed by atoms with Crippen LogP contribution in [0.4, 0.5) is 11.4 Å². The smallest absolute Gasteiger partial charge is 0.232 e. The van der Waals surface area contributed by atoms with Gasteiger partial charge in [0.15, 0.2) is 0 Å². The van der Waals surface area contributed by atoms with Crippen molar-refractivity contribution in [2.45, 2.75) is 6.92 Å². The lowest BCUT2D eigenvalue weighted by atomic mass is 10.2. The number of fused-ring (bicyclic) bond motifs is 1. The molecule has 1 heterocycles. The van der Waals surface area contributed by atoms with Crippen molar-refractivity contribution >= 4 is 31.4 Å². The minimum atomic E-state index is -3.38. The molecule has 1 aliphatic rings. The number of nitrogens with one attached hydrogen (secondary N) is 1. The molecule has 1 aromatic rings. The van der Waals surface area contributed by atoms with Crippen LogP contribution in [0.5, 0.6) is 5.75 Å². The average molecular weight is 320 g/mol. The molecule has 0 spiro atoms. The Balaban J connectivity index is 2.38. The van der Waals surface area contributed by atoms with Crippen LogP contribution in [0.2, 0.25) is 0 Å². The summed E-state index contributed by atoms with van der Waals surface area (Å²) in [4.78, 5) is 0. The van der Waals surface area contributed by atoms with Crippen molar-refractivity contribution in [1.29, 1.82) is 0 Å². The Hall–Kier alpha value is -1.48. The summed E-state index contributed by atoms with van der Waals surface area (Å²) in [5.41, 5.74) is 0.763. The van der Waals surface area contributed by atoms with Gasteiger partial charge in [-0.2, -0.15) is 0 Å². The number of anilines is 2. The third-order valence-electron chi connectivity index (χ3n) is 2.83. The first-order valence-corrected chi connectivity index (χ1v) is 9.48. The molecule has 0 saturated heterocycles. The first kappa shape index (κ1) is 14.9. The predicted octanol–water partition coefficient (Wildman–Crippen LogP) is 0.607. The minimum absolute atomic E-state index is 0.0413. The van der Waals surface area contributed by atoms with Gasteiger partial charge >= 0.3 is 0 Å². The number of hydrogen-bond acceptors (Lipinski definition) is 5. The molecule has 0 bridgehead atoms. The molecule has 7 nitrogen and oxygen atoms in total. The van der Waals surface area contributed by atoms with E-state index < -0.39 is 20.0 Å². The van der Waals surface area contributed by atoms with Gasteiger partial charge in [0.25, 0.3) is 0 Å². The number of benzene rings is 1. The summed E-state index contributed by atoms with van der Waals surface area (Å²) in [5.74, 6) is 0.304. The molecule has 0 amide bonds. The second kappa shape index (κ2) is 5.13. The van der Waals surface area contributed by atoms with E-state index in [2.05, 4.69) is 4.72 Å². The summed E-state index contributed by atoms with van der Waals surface area (Å²) in [6.45, 7) is 2.00. The van der Waals surface area contributed by atoms with Gasteiger partial charge in [-0.1, -0.05) is 0 Å². The highest BCUT2D eigenvalue weighted by Gasteiger charge is 2.25. The Labute approximate surface area is 118 Å². The fraction of sp³-hybridized carbons (Fsp3) is 0.455. The monoisotopic (exact) mass is 320 g/mol. The maximum absolute atomic E-state index is 11.7. The third-order valence-corrected chi connectivity index (χ3v) is 5.32. The zero-order valence-electron chi connectivity index (χ0n) is 11.2. The molecule has 0 aliphatic carbocycles. The van der Waals surface area contributed by atoms with Gasteiger partial charge in [0, 0.05) is 6.07 Å². The van der Waals surface area contributed by atoms with E-state index in [4.69, 9.17) is 4.74 Å². The van der Waals surface area contributed by atoms with E-state index in [1.807, 2.05) is 0 Å². The van der Waals surface area contributed by atoms with Gasteiger partial charge < -0.3 is 4.74 Å². The van der Waals surface area contributed by atoms with E-state index in [1.165, 1.54) is 29.4 Å². The zero-order valence-corrected chi connectivity index (χ0v) is 12.8.